The standard InChI is InChI=1S/C11H18O5/c1-3-4-7-16-11(15)8(2)10(14)9(13)5-6-12/h12,14H,3-7H2,1-2H3/b10-8-. The molecule has 0 heterocycles. The fourth-order valence-electron chi connectivity index (χ4n) is 0.943. The van der Waals surface area contributed by atoms with E-state index >= 15 is 0 Å². The third-order valence-corrected chi connectivity index (χ3v) is 2.00. The molecule has 0 aromatic carbocycles. The maximum atomic E-state index is 11.3. The molecular weight excluding hydrogens is 212 g/mol. The van der Waals surface area contributed by atoms with Crippen LogP contribution in [0.4, 0.5) is 0 Å². The van der Waals surface area contributed by atoms with Crippen LogP contribution in [0.25, 0.3) is 0 Å². The molecule has 0 saturated carbocycles. The van der Waals surface area contributed by atoms with Crippen molar-refractivity contribution in [2.45, 2.75) is 33.1 Å². The van der Waals surface area contributed by atoms with E-state index in [9.17, 15) is 14.7 Å². The number of carbonyl (C=O) groups excluding carboxylic acids is 2. The van der Waals surface area contributed by atoms with Crippen LogP contribution in [-0.2, 0) is 14.3 Å². The zero-order chi connectivity index (χ0) is 12.6. The molecular formula is C11H18O5. The predicted molar refractivity (Wildman–Crippen MR) is 57.9 cm³/mol. The highest BCUT2D eigenvalue weighted by atomic mass is 16.5. The number of allylic oxidation sites excluding steroid dienone is 1. The summed E-state index contributed by atoms with van der Waals surface area (Å²) >= 11 is 0. The van der Waals surface area contributed by atoms with Gasteiger partial charge in [-0.15, -0.1) is 0 Å². The lowest BCUT2D eigenvalue weighted by Crippen LogP contribution is -2.14. The van der Waals surface area contributed by atoms with E-state index in [1.807, 2.05) is 6.92 Å². The Bertz CT molecular complexity index is 280. The van der Waals surface area contributed by atoms with Gasteiger partial charge in [-0.25, -0.2) is 4.79 Å². The van der Waals surface area contributed by atoms with Crippen molar-refractivity contribution >= 4 is 11.8 Å². The number of esters is 1. The quantitative estimate of drug-likeness (QED) is 0.296. The summed E-state index contributed by atoms with van der Waals surface area (Å²) in [4.78, 5) is 22.5. The average molecular weight is 230 g/mol. The monoisotopic (exact) mass is 230 g/mol. The second-order valence-electron chi connectivity index (χ2n) is 3.36. The van der Waals surface area contributed by atoms with E-state index in [0.29, 0.717) is 0 Å². The second kappa shape index (κ2) is 7.87. The summed E-state index contributed by atoms with van der Waals surface area (Å²) in [5, 5.41) is 17.9. The van der Waals surface area contributed by atoms with Gasteiger partial charge in [-0.3, -0.25) is 4.79 Å². The van der Waals surface area contributed by atoms with Crippen molar-refractivity contribution < 1.29 is 24.5 Å². The van der Waals surface area contributed by atoms with Gasteiger partial charge in [0.05, 0.1) is 18.8 Å². The summed E-state index contributed by atoms with van der Waals surface area (Å²) in [5.74, 6) is -1.99. The molecule has 0 spiro atoms. The summed E-state index contributed by atoms with van der Waals surface area (Å²) in [7, 11) is 0. The highest BCUT2D eigenvalue weighted by molar-refractivity contribution is 6.01. The van der Waals surface area contributed by atoms with Crippen LogP contribution in [0.15, 0.2) is 11.3 Å². The molecule has 0 bridgehead atoms. The second-order valence-corrected chi connectivity index (χ2v) is 3.36. The van der Waals surface area contributed by atoms with Crippen molar-refractivity contribution in [3.63, 3.8) is 0 Å². The molecule has 0 unspecified atom stereocenters. The molecule has 0 aliphatic heterocycles. The summed E-state index contributed by atoms with van der Waals surface area (Å²) in [5.41, 5.74) is -0.116. The van der Waals surface area contributed by atoms with Gasteiger partial charge in [-0.05, 0) is 13.3 Å². The number of hydrogen-bond donors (Lipinski definition) is 2. The summed E-state index contributed by atoms with van der Waals surface area (Å²) in [6.07, 6.45) is 1.43. The van der Waals surface area contributed by atoms with Crippen molar-refractivity contribution in [2.24, 2.45) is 0 Å². The smallest absolute Gasteiger partial charge is 0.337 e. The molecule has 0 saturated heterocycles. The number of aliphatic hydroxyl groups is 2. The van der Waals surface area contributed by atoms with Crippen molar-refractivity contribution in [3.8, 4) is 0 Å². The maximum absolute atomic E-state index is 11.3. The summed E-state index contributed by atoms with van der Waals surface area (Å²) in [6.45, 7) is 3.19. The largest absolute Gasteiger partial charge is 0.504 e. The fourth-order valence-corrected chi connectivity index (χ4v) is 0.943. The molecule has 16 heavy (non-hydrogen) atoms. The Kier molecular flexibility index (Phi) is 7.20. The van der Waals surface area contributed by atoms with Gasteiger partial charge in [0.2, 0.25) is 0 Å². The molecule has 0 atom stereocenters. The van der Waals surface area contributed by atoms with Crippen molar-refractivity contribution in [1.29, 1.82) is 0 Å². The van der Waals surface area contributed by atoms with Gasteiger partial charge in [0.1, 0.15) is 0 Å². The normalized spacial score (nSPS) is 11.9. The number of unbranched alkanes of at least 4 members (excludes halogenated alkanes) is 1. The summed E-state index contributed by atoms with van der Waals surface area (Å²) in [6, 6.07) is 0. The first-order valence-corrected chi connectivity index (χ1v) is 5.25. The van der Waals surface area contributed by atoms with Crippen molar-refractivity contribution in [1.82, 2.24) is 0 Å². The molecule has 0 aromatic rings. The molecule has 2 N–H and O–H groups in total. The lowest BCUT2D eigenvalue weighted by Gasteiger charge is -2.05. The Morgan fingerprint density at radius 2 is 1.94 bits per heavy atom. The Hall–Kier alpha value is -1.36. The van der Waals surface area contributed by atoms with Gasteiger partial charge in [-0.1, -0.05) is 13.3 Å². The Morgan fingerprint density at radius 1 is 1.31 bits per heavy atom. The Morgan fingerprint density at radius 3 is 2.44 bits per heavy atom. The van der Waals surface area contributed by atoms with Crippen LogP contribution in [0.2, 0.25) is 0 Å². The minimum absolute atomic E-state index is 0.116. The Labute approximate surface area is 94.7 Å². The molecule has 0 aliphatic rings. The number of hydrogen-bond acceptors (Lipinski definition) is 5. The van der Waals surface area contributed by atoms with Crippen LogP contribution in [-0.4, -0.2) is 35.2 Å². The van der Waals surface area contributed by atoms with Gasteiger partial charge in [-0.2, -0.15) is 0 Å². The number of Topliss-reactive ketones (excluding diaryl/α,β-unsaturated/α-hetero) is 1. The number of carbonyl (C=O) groups is 2. The number of ether oxygens (including phenoxy) is 1. The fraction of sp³-hybridized carbons (Fsp3) is 0.636. The SMILES string of the molecule is CCCCOC(=O)/C(C)=C(\O)C(=O)CCO. The molecule has 0 fully saturated rings. The summed E-state index contributed by atoms with van der Waals surface area (Å²) < 4.78 is 4.82. The number of rotatable bonds is 7. The maximum Gasteiger partial charge on any atom is 0.337 e. The van der Waals surface area contributed by atoms with Crippen LogP contribution in [0.5, 0.6) is 0 Å². The highest BCUT2D eigenvalue weighted by Crippen LogP contribution is 2.07. The van der Waals surface area contributed by atoms with Gasteiger partial charge in [0, 0.05) is 6.42 Å². The first-order valence-electron chi connectivity index (χ1n) is 5.25. The van der Waals surface area contributed by atoms with Crippen LogP contribution < -0.4 is 0 Å². The lowest BCUT2D eigenvalue weighted by molar-refractivity contribution is -0.139. The van der Waals surface area contributed by atoms with Crippen LogP contribution in [0.1, 0.15) is 33.1 Å². The van der Waals surface area contributed by atoms with Crippen LogP contribution >= 0.6 is 0 Å². The molecule has 0 aromatic heterocycles. The minimum atomic E-state index is -0.697. The van der Waals surface area contributed by atoms with Crippen molar-refractivity contribution in [2.75, 3.05) is 13.2 Å². The third kappa shape index (κ3) is 4.93. The molecule has 0 amide bonds. The lowest BCUT2D eigenvalue weighted by atomic mass is 10.1. The van der Waals surface area contributed by atoms with E-state index in [2.05, 4.69) is 0 Å². The predicted octanol–water partition coefficient (Wildman–Crippen LogP) is 1.11. The molecule has 0 aliphatic carbocycles. The number of ketones is 1. The topological polar surface area (TPSA) is 83.8 Å². The number of aliphatic hydroxyl groups excluding tert-OH is 2. The van der Waals surface area contributed by atoms with Gasteiger partial charge >= 0.3 is 5.97 Å². The van der Waals surface area contributed by atoms with Gasteiger partial charge in [0.25, 0.3) is 0 Å². The Balaban J connectivity index is 4.37. The average Bonchev–Trinajstić information content (AvgIpc) is 2.27. The van der Waals surface area contributed by atoms with Gasteiger partial charge < -0.3 is 14.9 Å². The first kappa shape index (κ1) is 14.6. The van der Waals surface area contributed by atoms with E-state index in [4.69, 9.17) is 9.84 Å². The highest BCUT2D eigenvalue weighted by Gasteiger charge is 2.17. The first-order chi connectivity index (χ1) is 7.54. The van der Waals surface area contributed by atoms with E-state index in [1.165, 1.54) is 6.92 Å². The van der Waals surface area contributed by atoms with Crippen LogP contribution in [0, 0.1) is 0 Å². The van der Waals surface area contributed by atoms with E-state index in [1.54, 1.807) is 0 Å². The van der Waals surface area contributed by atoms with E-state index < -0.39 is 17.5 Å². The van der Waals surface area contributed by atoms with Crippen molar-refractivity contribution in [3.05, 3.63) is 11.3 Å². The molecule has 0 rings (SSSR count). The zero-order valence-electron chi connectivity index (χ0n) is 9.65. The molecule has 5 nitrogen and oxygen atoms in total. The zero-order valence-corrected chi connectivity index (χ0v) is 9.65. The van der Waals surface area contributed by atoms with Gasteiger partial charge in [0.15, 0.2) is 11.5 Å². The van der Waals surface area contributed by atoms with E-state index in [-0.39, 0.29) is 25.2 Å². The minimum Gasteiger partial charge on any atom is -0.504 e. The van der Waals surface area contributed by atoms with E-state index in [0.717, 1.165) is 12.8 Å². The molecule has 5 heteroatoms. The van der Waals surface area contributed by atoms with Crippen LogP contribution in [0.3, 0.4) is 0 Å². The molecule has 92 valence electrons. The molecule has 0 radical (unpaired) electrons. The third-order valence-electron chi connectivity index (χ3n) is 2.00.